The number of rotatable bonds is 5. The molecule has 0 atom stereocenters. The Morgan fingerprint density at radius 3 is 2.52 bits per heavy atom. The van der Waals surface area contributed by atoms with Gasteiger partial charge in [0.25, 0.3) is 5.91 Å². The lowest BCUT2D eigenvalue weighted by atomic mass is 10.2. The summed E-state index contributed by atoms with van der Waals surface area (Å²) in [5, 5.41) is 4.89. The van der Waals surface area contributed by atoms with Crippen molar-refractivity contribution in [3.63, 3.8) is 0 Å². The number of hydrogen-bond acceptors (Lipinski definition) is 2. The number of carbonyl (C=O) groups is 1. The Morgan fingerprint density at radius 2 is 1.87 bits per heavy atom. The number of benzene rings is 2. The topological polar surface area (TPSA) is 41.5 Å². The lowest BCUT2D eigenvalue weighted by molar-refractivity contribution is 0.0955. The van der Waals surface area contributed by atoms with Crippen LogP contribution in [-0.4, -0.2) is 11.6 Å². The molecule has 0 saturated carbocycles. The van der Waals surface area contributed by atoms with Gasteiger partial charge >= 0.3 is 0 Å². The number of halogens is 2. The highest BCUT2D eigenvalue weighted by Gasteiger charge is 2.07. The summed E-state index contributed by atoms with van der Waals surface area (Å²) in [6.07, 6.45) is 4.53. The summed E-state index contributed by atoms with van der Waals surface area (Å²) in [5.41, 5.74) is 4.78. The molecule has 0 unspecified atom stereocenters. The minimum absolute atomic E-state index is 0.331. The van der Waals surface area contributed by atoms with Crippen LogP contribution in [-0.2, 0) is 0 Å². The molecule has 2 aromatic rings. The first-order chi connectivity index (χ1) is 11.1. The van der Waals surface area contributed by atoms with Crippen molar-refractivity contribution in [2.75, 3.05) is 0 Å². The highest BCUT2D eigenvalue weighted by atomic mass is 35.5. The molecule has 0 radical (unpaired) electrons. The Labute approximate surface area is 145 Å². The van der Waals surface area contributed by atoms with Crippen molar-refractivity contribution in [2.24, 2.45) is 5.10 Å². The molecule has 118 valence electrons. The first-order valence-electron chi connectivity index (χ1n) is 7.15. The van der Waals surface area contributed by atoms with Crippen molar-refractivity contribution in [1.82, 2.24) is 5.43 Å². The molecule has 0 fully saturated rings. The van der Waals surface area contributed by atoms with Gasteiger partial charge in [-0.25, -0.2) is 5.43 Å². The maximum absolute atomic E-state index is 12.1. The summed E-state index contributed by atoms with van der Waals surface area (Å²) < 4.78 is 0. The maximum atomic E-state index is 12.1. The Morgan fingerprint density at radius 1 is 1.13 bits per heavy atom. The first kappa shape index (κ1) is 17.3. The Hall–Kier alpha value is -2.10. The molecule has 0 bridgehead atoms. The summed E-state index contributed by atoms with van der Waals surface area (Å²) in [4.78, 5) is 12.1. The predicted molar refractivity (Wildman–Crippen MR) is 97.1 cm³/mol. The van der Waals surface area contributed by atoms with E-state index in [-0.39, 0.29) is 5.91 Å². The van der Waals surface area contributed by atoms with Crippen LogP contribution >= 0.6 is 23.2 Å². The second-order valence-corrected chi connectivity index (χ2v) is 5.58. The second kappa shape index (κ2) is 8.51. The lowest BCUT2D eigenvalue weighted by Gasteiger charge is -2.03. The van der Waals surface area contributed by atoms with E-state index < -0.39 is 0 Å². The van der Waals surface area contributed by atoms with Crippen LogP contribution in [0.25, 0.3) is 6.08 Å². The van der Waals surface area contributed by atoms with E-state index in [4.69, 9.17) is 23.2 Å². The third-order valence-electron chi connectivity index (χ3n) is 3.11. The smallest absolute Gasteiger partial charge is 0.267 e. The van der Waals surface area contributed by atoms with Gasteiger partial charge < -0.3 is 0 Å². The van der Waals surface area contributed by atoms with E-state index in [1.807, 2.05) is 49.4 Å². The van der Waals surface area contributed by atoms with E-state index in [1.54, 1.807) is 12.1 Å². The van der Waals surface area contributed by atoms with Crippen LogP contribution in [0.5, 0.6) is 0 Å². The zero-order chi connectivity index (χ0) is 16.7. The van der Waals surface area contributed by atoms with Gasteiger partial charge in [-0.05, 0) is 36.3 Å². The fraction of sp³-hybridized carbons (Fsp3) is 0.111. The molecule has 1 N–H and O–H groups in total. The molecule has 0 aliphatic rings. The summed E-state index contributed by atoms with van der Waals surface area (Å²) >= 11 is 11.7. The van der Waals surface area contributed by atoms with Crippen molar-refractivity contribution in [3.05, 3.63) is 75.8 Å². The molecule has 0 spiro atoms. The van der Waals surface area contributed by atoms with Gasteiger partial charge in [0, 0.05) is 5.56 Å². The van der Waals surface area contributed by atoms with Crippen LogP contribution in [0.3, 0.4) is 0 Å². The molecule has 0 saturated heterocycles. The highest BCUT2D eigenvalue weighted by molar-refractivity contribution is 6.42. The Bertz CT molecular complexity index is 740. The number of amides is 1. The largest absolute Gasteiger partial charge is 0.271 e. The number of hydrazone groups is 1. The number of carbonyl (C=O) groups excluding carboxylic acids is 1. The fourth-order valence-corrected chi connectivity index (χ4v) is 2.11. The number of allylic oxidation sites excluding steroid dienone is 1. The molecule has 2 aromatic carbocycles. The third kappa shape index (κ3) is 5.23. The van der Waals surface area contributed by atoms with E-state index >= 15 is 0 Å². The standard InChI is InChI=1S/C18H16Cl2N2O/c1-2-15(10-8-13-6-4-3-5-7-13)21-22-18(23)14-9-11-16(19)17(20)12-14/h3-12H,2H2,1H3,(H,22,23)/b10-8+,21-15-. The van der Waals surface area contributed by atoms with Crippen LogP contribution in [0.15, 0.2) is 59.7 Å². The molecule has 0 heterocycles. The van der Waals surface area contributed by atoms with Crippen molar-refractivity contribution < 1.29 is 4.79 Å². The van der Waals surface area contributed by atoms with Crippen molar-refractivity contribution >= 4 is 40.9 Å². The van der Waals surface area contributed by atoms with Gasteiger partial charge in [-0.2, -0.15) is 5.10 Å². The zero-order valence-corrected chi connectivity index (χ0v) is 14.1. The van der Waals surface area contributed by atoms with Crippen molar-refractivity contribution in [2.45, 2.75) is 13.3 Å². The Balaban J connectivity index is 2.05. The SMILES string of the molecule is CCC(/C=C/c1ccccc1)=N/NC(=O)c1ccc(Cl)c(Cl)c1. The summed E-state index contributed by atoms with van der Waals surface area (Å²) in [5.74, 6) is -0.331. The number of nitrogens with one attached hydrogen (secondary N) is 1. The molecule has 0 aromatic heterocycles. The molecule has 23 heavy (non-hydrogen) atoms. The number of hydrogen-bond donors (Lipinski definition) is 1. The Kier molecular flexibility index (Phi) is 6.39. The average molecular weight is 347 g/mol. The summed E-state index contributed by atoms with van der Waals surface area (Å²) in [7, 11) is 0. The van der Waals surface area contributed by atoms with Gasteiger partial charge in [-0.15, -0.1) is 0 Å². The van der Waals surface area contributed by atoms with Crippen LogP contribution in [0.1, 0.15) is 29.3 Å². The van der Waals surface area contributed by atoms with Crippen LogP contribution in [0, 0.1) is 0 Å². The maximum Gasteiger partial charge on any atom is 0.271 e. The van der Waals surface area contributed by atoms with Gasteiger partial charge in [-0.1, -0.05) is 66.5 Å². The van der Waals surface area contributed by atoms with E-state index in [9.17, 15) is 4.79 Å². The molecule has 0 aliphatic heterocycles. The summed E-state index contributed by atoms with van der Waals surface area (Å²) in [6, 6.07) is 14.6. The van der Waals surface area contributed by atoms with E-state index in [0.29, 0.717) is 22.0 Å². The molecule has 5 heteroatoms. The molecule has 2 rings (SSSR count). The fourth-order valence-electron chi connectivity index (χ4n) is 1.82. The van der Waals surface area contributed by atoms with Gasteiger partial charge in [0.15, 0.2) is 0 Å². The predicted octanol–water partition coefficient (Wildman–Crippen LogP) is 5.20. The lowest BCUT2D eigenvalue weighted by Crippen LogP contribution is -2.19. The van der Waals surface area contributed by atoms with Crippen LogP contribution < -0.4 is 5.43 Å². The van der Waals surface area contributed by atoms with Crippen LogP contribution in [0.4, 0.5) is 0 Å². The van der Waals surface area contributed by atoms with E-state index in [0.717, 1.165) is 11.3 Å². The monoisotopic (exact) mass is 346 g/mol. The number of nitrogens with zero attached hydrogens (tertiary/aromatic N) is 1. The molecular formula is C18H16Cl2N2O. The zero-order valence-electron chi connectivity index (χ0n) is 12.6. The molecule has 0 aliphatic carbocycles. The average Bonchev–Trinajstić information content (AvgIpc) is 2.58. The quantitative estimate of drug-likeness (QED) is 0.586. The summed E-state index contributed by atoms with van der Waals surface area (Å²) in [6.45, 7) is 1.97. The normalized spacial score (nSPS) is 11.7. The van der Waals surface area contributed by atoms with Gasteiger partial charge in [0.2, 0.25) is 0 Å². The van der Waals surface area contributed by atoms with Crippen molar-refractivity contribution in [1.29, 1.82) is 0 Å². The van der Waals surface area contributed by atoms with Gasteiger partial charge in [0.1, 0.15) is 0 Å². The third-order valence-corrected chi connectivity index (χ3v) is 3.85. The first-order valence-corrected chi connectivity index (χ1v) is 7.91. The van der Waals surface area contributed by atoms with E-state index in [1.165, 1.54) is 6.07 Å². The second-order valence-electron chi connectivity index (χ2n) is 4.77. The van der Waals surface area contributed by atoms with Gasteiger partial charge in [-0.3, -0.25) is 4.79 Å². The van der Waals surface area contributed by atoms with Gasteiger partial charge in [0.05, 0.1) is 15.8 Å². The van der Waals surface area contributed by atoms with Crippen LogP contribution in [0.2, 0.25) is 10.0 Å². The minimum Gasteiger partial charge on any atom is -0.267 e. The molecule has 3 nitrogen and oxygen atoms in total. The van der Waals surface area contributed by atoms with Crippen molar-refractivity contribution in [3.8, 4) is 0 Å². The van der Waals surface area contributed by atoms with E-state index in [2.05, 4.69) is 10.5 Å². The minimum atomic E-state index is -0.331. The molecule has 1 amide bonds. The highest BCUT2D eigenvalue weighted by Crippen LogP contribution is 2.22. The molecular weight excluding hydrogens is 331 g/mol.